The van der Waals surface area contributed by atoms with Crippen LogP contribution in [-0.2, 0) is 0 Å². The zero-order valence-corrected chi connectivity index (χ0v) is 37.2. The molecule has 13 aromatic rings. The smallest absolute Gasteiger partial charge is 0.135 e. The van der Waals surface area contributed by atoms with E-state index in [1.54, 1.807) is 0 Å². The summed E-state index contributed by atoms with van der Waals surface area (Å²) in [7, 11) is 0. The van der Waals surface area contributed by atoms with Gasteiger partial charge in [0, 0.05) is 27.8 Å². The van der Waals surface area contributed by atoms with Crippen molar-refractivity contribution in [2.24, 2.45) is 0 Å². The second-order valence-corrected chi connectivity index (χ2v) is 17.6. The van der Waals surface area contributed by atoms with Crippen LogP contribution in [0.2, 0.25) is 0 Å². The Hall–Kier alpha value is -8.98. The van der Waals surface area contributed by atoms with Gasteiger partial charge in [0.2, 0.25) is 0 Å². The van der Waals surface area contributed by atoms with E-state index in [-0.39, 0.29) is 0 Å². The number of benzene rings is 12. The molecule has 318 valence electrons. The van der Waals surface area contributed by atoms with E-state index in [2.05, 4.69) is 254 Å². The molecule has 0 atom stereocenters. The van der Waals surface area contributed by atoms with E-state index in [9.17, 15) is 0 Å². The number of nitrogens with zero attached hydrogens (tertiary/aromatic N) is 1. The van der Waals surface area contributed by atoms with Gasteiger partial charge in [-0.2, -0.15) is 0 Å². The number of hydrogen-bond donors (Lipinski definition) is 0. The summed E-state index contributed by atoms with van der Waals surface area (Å²) in [6.45, 7) is 0. The number of rotatable bonds is 8. The third kappa shape index (κ3) is 6.82. The van der Waals surface area contributed by atoms with Crippen LogP contribution in [0, 0.1) is 0 Å². The number of fused-ring (bicyclic) bond motifs is 7. The predicted octanol–water partition coefficient (Wildman–Crippen LogP) is 18.9. The van der Waals surface area contributed by atoms with Crippen LogP contribution >= 0.6 is 0 Å². The third-order valence-electron chi connectivity index (χ3n) is 13.7. The normalized spacial score (nSPS) is 11.5. The number of anilines is 3. The zero-order valence-electron chi connectivity index (χ0n) is 37.2. The summed E-state index contributed by atoms with van der Waals surface area (Å²) in [5, 5.41) is 9.71. The van der Waals surface area contributed by atoms with Gasteiger partial charge in [-0.05, 0) is 143 Å². The Morgan fingerprint density at radius 3 is 1.40 bits per heavy atom. The first-order valence-electron chi connectivity index (χ1n) is 23.3. The topological polar surface area (TPSA) is 16.4 Å². The maximum absolute atomic E-state index is 6.29. The van der Waals surface area contributed by atoms with Crippen molar-refractivity contribution >= 4 is 71.3 Å². The fourth-order valence-electron chi connectivity index (χ4n) is 10.4. The molecule has 0 aliphatic rings. The highest BCUT2D eigenvalue weighted by Crippen LogP contribution is 2.46. The molecule has 0 unspecified atom stereocenters. The molecule has 13 rings (SSSR count). The molecule has 2 heteroatoms. The summed E-state index contributed by atoms with van der Waals surface area (Å²) >= 11 is 0. The fraction of sp³-hybridized carbons (Fsp3) is 0. The highest BCUT2D eigenvalue weighted by atomic mass is 16.3. The van der Waals surface area contributed by atoms with Crippen molar-refractivity contribution in [3.8, 4) is 55.6 Å². The van der Waals surface area contributed by atoms with Crippen molar-refractivity contribution in [2.45, 2.75) is 0 Å². The minimum absolute atomic E-state index is 0.877. The summed E-state index contributed by atoms with van der Waals surface area (Å²) in [6, 6.07) is 94.5. The molecular formula is C66H43NO. The molecule has 0 radical (unpaired) electrons. The van der Waals surface area contributed by atoms with E-state index in [1.165, 1.54) is 82.4 Å². The first-order valence-corrected chi connectivity index (χ1v) is 23.3. The first kappa shape index (κ1) is 39.4. The quantitative estimate of drug-likeness (QED) is 0.142. The van der Waals surface area contributed by atoms with Crippen LogP contribution in [0.15, 0.2) is 265 Å². The van der Waals surface area contributed by atoms with Crippen molar-refractivity contribution in [3.05, 3.63) is 261 Å². The van der Waals surface area contributed by atoms with E-state index >= 15 is 0 Å². The largest absolute Gasteiger partial charge is 0.456 e. The minimum atomic E-state index is 0.877. The molecule has 0 saturated heterocycles. The van der Waals surface area contributed by atoms with Gasteiger partial charge in [0.1, 0.15) is 11.2 Å². The van der Waals surface area contributed by atoms with Crippen molar-refractivity contribution in [2.75, 3.05) is 4.90 Å². The maximum Gasteiger partial charge on any atom is 0.135 e. The summed E-state index contributed by atoms with van der Waals surface area (Å²) in [5.41, 5.74) is 17.0. The van der Waals surface area contributed by atoms with Crippen molar-refractivity contribution in [1.29, 1.82) is 0 Å². The second-order valence-electron chi connectivity index (χ2n) is 17.6. The number of furan rings is 1. The van der Waals surface area contributed by atoms with E-state index in [1.807, 2.05) is 12.1 Å². The fourth-order valence-corrected chi connectivity index (χ4v) is 10.4. The molecule has 0 fully saturated rings. The highest BCUT2D eigenvalue weighted by Gasteiger charge is 2.20. The average molecular weight is 866 g/mol. The van der Waals surface area contributed by atoms with E-state index in [0.29, 0.717) is 0 Å². The van der Waals surface area contributed by atoms with Crippen LogP contribution < -0.4 is 4.90 Å². The number of para-hydroxylation sites is 1. The molecular weight excluding hydrogens is 823 g/mol. The van der Waals surface area contributed by atoms with Gasteiger partial charge in [-0.15, -0.1) is 0 Å². The minimum Gasteiger partial charge on any atom is -0.456 e. The second kappa shape index (κ2) is 16.5. The first-order chi connectivity index (χ1) is 33.7. The lowest BCUT2D eigenvalue weighted by Crippen LogP contribution is -2.09. The zero-order chi connectivity index (χ0) is 45.0. The summed E-state index contributed by atoms with van der Waals surface area (Å²) in [4.78, 5) is 2.35. The van der Waals surface area contributed by atoms with Crippen LogP contribution in [0.1, 0.15) is 0 Å². The van der Waals surface area contributed by atoms with Gasteiger partial charge in [-0.1, -0.05) is 206 Å². The summed E-state index contributed by atoms with van der Waals surface area (Å²) < 4.78 is 6.29. The van der Waals surface area contributed by atoms with Gasteiger partial charge in [0.05, 0.1) is 0 Å². The Morgan fingerprint density at radius 2 is 0.706 bits per heavy atom. The molecule has 0 aliphatic carbocycles. The molecule has 68 heavy (non-hydrogen) atoms. The molecule has 0 bridgehead atoms. The van der Waals surface area contributed by atoms with Crippen LogP contribution in [0.5, 0.6) is 0 Å². The van der Waals surface area contributed by atoms with E-state index < -0.39 is 0 Å². The molecule has 1 heterocycles. The van der Waals surface area contributed by atoms with Crippen LogP contribution in [-0.4, -0.2) is 0 Å². The van der Waals surface area contributed by atoms with Gasteiger partial charge >= 0.3 is 0 Å². The Morgan fingerprint density at radius 1 is 0.235 bits per heavy atom. The monoisotopic (exact) mass is 865 g/mol. The SMILES string of the molecule is c1ccc(-c2c(-c3ccccc3)c3cc(-c4ccc(N(c5ccc(-c6ccc(-c7cccc8ccccc78)cc6)cc5)c5ccc6oc7ccccc7c6c5)cc4)ccc3c3ccccc23)cc1. The summed E-state index contributed by atoms with van der Waals surface area (Å²) in [5.74, 6) is 0. The lowest BCUT2D eigenvalue weighted by molar-refractivity contribution is 0.669. The predicted molar refractivity (Wildman–Crippen MR) is 288 cm³/mol. The van der Waals surface area contributed by atoms with Gasteiger partial charge in [-0.25, -0.2) is 0 Å². The lowest BCUT2D eigenvalue weighted by atomic mass is 9.84. The van der Waals surface area contributed by atoms with E-state index in [4.69, 9.17) is 4.42 Å². The molecule has 12 aromatic carbocycles. The third-order valence-corrected chi connectivity index (χ3v) is 13.7. The molecule has 0 spiro atoms. The Kier molecular flexibility index (Phi) is 9.54. The molecule has 1 aromatic heterocycles. The molecule has 0 N–H and O–H groups in total. The number of hydrogen-bond acceptors (Lipinski definition) is 2. The molecule has 0 amide bonds. The van der Waals surface area contributed by atoms with Crippen LogP contribution in [0.4, 0.5) is 17.1 Å². The average Bonchev–Trinajstić information content (AvgIpc) is 3.79. The molecule has 2 nitrogen and oxygen atoms in total. The Labute approximate surface area is 395 Å². The Balaban J connectivity index is 0.906. The van der Waals surface area contributed by atoms with Crippen molar-refractivity contribution in [3.63, 3.8) is 0 Å². The highest BCUT2D eigenvalue weighted by molar-refractivity contribution is 6.22. The molecule has 0 aliphatic heterocycles. The van der Waals surface area contributed by atoms with Crippen molar-refractivity contribution in [1.82, 2.24) is 0 Å². The van der Waals surface area contributed by atoms with Crippen LogP contribution in [0.3, 0.4) is 0 Å². The van der Waals surface area contributed by atoms with Gasteiger partial charge in [0.25, 0.3) is 0 Å². The van der Waals surface area contributed by atoms with Gasteiger partial charge < -0.3 is 9.32 Å². The van der Waals surface area contributed by atoms with Gasteiger partial charge in [-0.3, -0.25) is 0 Å². The van der Waals surface area contributed by atoms with Crippen molar-refractivity contribution < 1.29 is 4.42 Å². The van der Waals surface area contributed by atoms with Crippen LogP contribution in [0.25, 0.3) is 110 Å². The lowest BCUT2D eigenvalue weighted by Gasteiger charge is -2.26. The molecule has 0 saturated carbocycles. The van der Waals surface area contributed by atoms with Gasteiger partial charge in [0.15, 0.2) is 0 Å². The Bertz CT molecular complexity index is 3980. The standard InChI is InChI=1S/C66H43NO/c1-3-15-49(16-4-1)65-60-23-10-9-21-57(60)58-40-34-51(42-62(58)66(65)50-17-5-2-6-18-50)46-32-37-53(38-33-46)67(54-39-41-64-61(43-54)59-22-11-12-25-63(59)68-64)52-35-30-45(31-36-52)44-26-28-48(29-27-44)56-24-13-19-47-14-7-8-20-55(47)56/h1-43H. The maximum atomic E-state index is 6.29. The summed E-state index contributed by atoms with van der Waals surface area (Å²) in [6.07, 6.45) is 0. The van der Waals surface area contributed by atoms with E-state index in [0.717, 1.165) is 44.6 Å².